The Kier molecular flexibility index (Phi) is 6.63. The maximum absolute atomic E-state index is 12.6. The summed E-state index contributed by atoms with van der Waals surface area (Å²) in [5.74, 6) is 1.02. The van der Waals surface area contributed by atoms with Crippen molar-refractivity contribution in [1.29, 1.82) is 0 Å². The monoisotopic (exact) mass is 410 g/mol. The Hall–Kier alpha value is -2.87. The van der Waals surface area contributed by atoms with Crippen molar-refractivity contribution >= 4 is 11.9 Å². The van der Waals surface area contributed by atoms with E-state index < -0.39 is 0 Å². The summed E-state index contributed by atoms with van der Waals surface area (Å²) in [6.45, 7) is 7.08. The van der Waals surface area contributed by atoms with E-state index in [-0.39, 0.29) is 12.0 Å². The second kappa shape index (κ2) is 9.75. The predicted octanol–water partition coefficient (Wildman–Crippen LogP) is 1.66. The van der Waals surface area contributed by atoms with E-state index in [1.165, 1.54) is 0 Å². The number of hydrogen-bond donors (Lipinski definition) is 1. The lowest BCUT2D eigenvalue weighted by Gasteiger charge is -2.37. The Balaban J connectivity index is 1.35. The van der Waals surface area contributed by atoms with Gasteiger partial charge in [0.2, 0.25) is 0 Å². The Morgan fingerprint density at radius 1 is 1.20 bits per heavy atom. The van der Waals surface area contributed by atoms with E-state index in [0.717, 1.165) is 49.7 Å². The van der Waals surface area contributed by atoms with Crippen LogP contribution >= 0.6 is 0 Å². The van der Waals surface area contributed by atoms with E-state index in [0.29, 0.717) is 26.2 Å². The molecule has 4 rings (SSSR count). The van der Waals surface area contributed by atoms with Crippen LogP contribution in [0.2, 0.25) is 0 Å². The van der Waals surface area contributed by atoms with E-state index >= 15 is 0 Å². The van der Waals surface area contributed by atoms with Gasteiger partial charge in [-0.2, -0.15) is 5.10 Å². The van der Waals surface area contributed by atoms with Gasteiger partial charge in [-0.05, 0) is 31.9 Å². The number of hydrogen-bond acceptors (Lipinski definition) is 4. The van der Waals surface area contributed by atoms with Gasteiger partial charge in [0.25, 0.3) is 5.91 Å². The number of carbonyl (C=O) groups excluding carboxylic acids is 1. The van der Waals surface area contributed by atoms with Crippen molar-refractivity contribution in [2.24, 2.45) is 4.99 Å². The summed E-state index contributed by atoms with van der Waals surface area (Å²) in [7, 11) is 0. The number of rotatable bonds is 5. The van der Waals surface area contributed by atoms with Gasteiger partial charge < -0.3 is 19.9 Å². The van der Waals surface area contributed by atoms with Crippen molar-refractivity contribution < 1.29 is 9.53 Å². The van der Waals surface area contributed by atoms with Crippen LogP contribution in [0, 0.1) is 0 Å². The van der Waals surface area contributed by atoms with Gasteiger partial charge >= 0.3 is 0 Å². The fourth-order valence-corrected chi connectivity index (χ4v) is 3.87. The molecule has 1 N–H and O–H groups in total. The molecule has 8 heteroatoms. The highest BCUT2D eigenvalue weighted by molar-refractivity contribution is 5.82. The lowest BCUT2D eigenvalue weighted by atomic mass is 10.2. The van der Waals surface area contributed by atoms with E-state index in [1.54, 1.807) is 0 Å². The first kappa shape index (κ1) is 20.4. The van der Waals surface area contributed by atoms with Crippen LogP contribution in [0.1, 0.15) is 25.3 Å². The van der Waals surface area contributed by atoms with Crippen molar-refractivity contribution in [2.75, 3.05) is 39.3 Å². The number of para-hydroxylation sites is 1. The molecule has 1 aromatic heterocycles. The van der Waals surface area contributed by atoms with Gasteiger partial charge in [-0.1, -0.05) is 18.2 Å². The van der Waals surface area contributed by atoms with Gasteiger partial charge in [0.05, 0.1) is 18.4 Å². The van der Waals surface area contributed by atoms with Crippen LogP contribution in [0.4, 0.5) is 0 Å². The zero-order chi connectivity index (χ0) is 20.8. The molecule has 2 saturated heterocycles. The molecule has 3 heterocycles. The minimum Gasteiger partial charge on any atom is -0.368 e. The number of aromatic nitrogens is 2. The lowest BCUT2D eigenvalue weighted by molar-refractivity contribution is -0.142. The van der Waals surface area contributed by atoms with Gasteiger partial charge in [0.15, 0.2) is 5.96 Å². The molecule has 30 heavy (non-hydrogen) atoms. The normalized spacial score (nSPS) is 19.9. The van der Waals surface area contributed by atoms with Crippen molar-refractivity contribution in [3.63, 3.8) is 0 Å². The Labute approximate surface area is 177 Å². The Morgan fingerprint density at radius 2 is 1.97 bits per heavy atom. The van der Waals surface area contributed by atoms with Crippen LogP contribution in [0.5, 0.6) is 0 Å². The maximum Gasteiger partial charge on any atom is 0.251 e. The number of benzene rings is 1. The standard InChI is InChI=1S/C22H30N6O2/c1-2-23-22(24-15-18-16-25-28(17-18)19-7-4-3-5-8-19)27-12-10-26(11-13-27)21(29)20-9-6-14-30-20/h3-5,7-8,16-17,20H,2,6,9-15H2,1H3,(H,23,24). The van der Waals surface area contributed by atoms with Gasteiger partial charge in [-0.15, -0.1) is 0 Å². The second-order valence-electron chi connectivity index (χ2n) is 7.61. The number of ether oxygens (including phenoxy) is 1. The molecule has 160 valence electrons. The molecule has 0 radical (unpaired) electrons. The fraction of sp³-hybridized carbons (Fsp3) is 0.500. The molecule has 0 spiro atoms. The van der Waals surface area contributed by atoms with Gasteiger partial charge in [-0.25, -0.2) is 9.67 Å². The first-order valence-electron chi connectivity index (χ1n) is 10.8. The van der Waals surface area contributed by atoms with E-state index in [1.807, 2.05) is 52.3 Å². The molecule has 2 aliphatic rings. The van der Waals surface area contributed by atoms with Crippen LogP contribution in [0.3, 0.4) is 0 Å². The zero-order valence-corrected chi connectivity index (χ0v) is 17.5. The summed E-state index contributed by atoms with van der Waals surface area (Å²) in [5, 5.41) is 7.83. The largest absolute Gasteiger partial charge is 0.368 e. The average molecular weight is 411 g/mol. The molecule has 8 nitrogen and oxygen atoms in total. The van der Waals surface area contributed by atoms with Crippen molar-refractivity contribution in [3.05, 3.63) is 48.3 Å². The van der Waals surface area contributed by atoms with Crippen LogP contribution in [0.15, 0.2) is 47.7 Å². The summed E-state index contributed by atoms with van der Waals surface area (Å²) in [6, 6.07) is 10.1. The fourth-order valence-electron chi connectivity index (χ4n) is 3.87. The number of piperazine rings is 1. The maximum atomic E-state index is 12.6. The predicted molar refractivity (Wildman–Crippen MR) is 116 cm³/mol. The molecule has 1 aromatic carbocycles. The first-order chi connectivity index (χ1) is 14.7. The number of guanidine groups is 1. The minimum atomic E-state index is -0.236. The van der Waals surface area contributed by atoms with Crippen molar-refractivity contribution in [3.8, 4) is 5.69 Å². The van der Waals surface area contributed by atoms with Crippen molar-refractivity contribution in [2.45, 2.75) is 32.4 Å². The number of aliphatic imine (C=N–C) groups is 1. The third-order valence-electron chi connectivity index (χ3n) is 5.50. The molecular weight excluding hydrogens is 380 g/mol. The molecule has 0 aliphatic carbocycles. The van der Waals surface area contributed by atoms with Crippen LogP contribution in [-0.2, 0) is 16.1 Å². The average Bonchev–Trinajstić information content (AvgIpc) is 3.49. The Bertz CT molecular complexity index is 852. The Morgan fingerprint density at radius 3 is 2.67 bits per heavy atom. The van der Waals surface area contributed by atoms with E-state index in [2.05, 4.69) is 22.2 Å². The molecule has 1 amide bonds. The third kappa shape index (κ3) is 4.81. The summed E-state index contributed by atoms with van der Waals surface area (Å²) in [4.78, 5) is 21.5. The number of nitrogens with zero attached hydrogens (tertiary/aromatic N) is 5. The first-order valence-corrected chi connectivity index (χ1v) is 10.8. The van der Waals surface area contributed by atoms with Crippen LogP contribution in [0.25, 0.3) is 5.69 Å². The molecule has 1 atom stereocenters. The lowest BCUT2D eigenvalue weighted by Crippen LogP contribution is -2.55. The topological polar surface area (TPSA) is 75.0 Å². The SMILES string of the molecule is CCNC(=NCc1cnn(-c2ccccc2)c1)N1CCN(C(=O)C2CCCO2)CC1. The van der Waals surface area contributed by atoms with E-state index in [9.17, 15) is 4.79 Å². The summed E-state index contributed by atoms with van der Waals surface area (Å²) < 4.78 is 7.42. The van der Waals surface area contributed by atoms with Crippen LogP contribution < -0.4 is 5.32 Å². The van der Waals surface area contributed by atoms with Gasteiger partial charge in [0, 0.05) is 51.1 Å². The number of amides is 1. The highest BCUT2D eigenvalue weighted by Gasteiger charge is 2.30. The summed E-state index contributed by atoms with van der Waals surface area (Å²) in [5.41, 5.74) is 2.09. The van der Waals surface area contributed by atoms with Crippen molar-refractivity contribution in [1.82, 2.24) is 24.9 Å². The molecule has 0 bridgehead atoms. The summed E-state index contributed by atoms with van der Waals surface area (Å²) in [6.07, 6.45) is 5.47. The highest BCUT2D eigenvalue weighted by atomic mass is 16.5. The van der Waals surface area contributed by atoms with Gasteiger partial charge in [-0.3, -0.25) is 4.79 Å². The molecule has 2 aliphatic heterocycles. The third-order valence-corrected chi connectivity index (χ3v) is 5.50. The minimum absolute atomic E-state index is 0.141. The second-order valence-corrected chi connectivity index (χ2v) is 7.61. The van der Waals surface area contributed by atoms with Gasteiger partial charge in [0.1, 0.15) is 6.10 Å². The zero-order valence-electron chi connectivity index (χ0n) is 17.5. The molecular formula is C22H30N6O2. The quantitative estimate of drug-likeness (QED) is 0.599. The molecule has 2 fully saturated rings. The van der Waals surface area contributed by atoms with E-state index in [4.69, 9.17) is 9.73 Å². The number of carbonyl (C=O) groups is 1. The highest BCUT2D eigenvalue weighted by Crippen LogP contribution is 2.16. The molecule has 2 aromatic rings. The molecule has 1 unspecified atom stereocenters. The number of nitrogens with one attached hydrogen (secondary N) is 1. The smallest absolute Gasteiger partial charge is 0.251 e. The van der Waals surface area contributed by atoms with Crippen LogP contribution in [-0.4, -0.2) is 76.9 Å². The molecule has 0 saturated carbocycles. The summed E-state index contributed by atoms with van der Waals surface area (Å²) >= 11 is 0.